The van der Waals surface area contributed by atoms with E-state index in [1.165, 1.54) is 13.8 Å². The third kappa shape index (κ3) is 7.58. The van der Waals surface area contributed by atoms with Gasteiger partial charge in [0.1, 0.15) is 5.60 Å². The molecule has 4 heteroatoms. The number of hydrogen-bond acceptors (Lipinski definition) is 4. The van der Waals surface area contributed by atoms with E-state index < -0.39 is 5.60 Å². The van der Waals surface area contributed by atoms with Crippen LogP contribution in [0.1, 0.15) is 40.5 Å². The Morgan fingerprint density at radius 1 is 1.14 bits per heavy atom. The van der Waals surface area contributed by atoms with Gasteiger partial charge in [0.05, 0.1) is 6.61 Å². The van der Waals surface area contributed by atoms with Crippen LogP contribution in [0.25, 0.3) is 0 Å². The van der Waals surface area contributed by atoms with Gasteiger partial charge in [-0.25, -0.2) is 0 Å². The van der Waals surface area contributed by atoms with Crippen LogP contribution in [0, 0.1) is 0 Å². The van der Waals surface area contributed by atoms with Gasteiger partial charge < -0.3 is 9.47 Å². The fourth-order valence-electron chi connectivity index (χ4n) is 1.15. The van der Waals surface area contributed by atoms with Gasteiger partial charge in [0, 0.05) is 13.8 Å². The predicted octanol–water partition coefficient (Wildman–Crippen LogP) is 1.67. The Kier molecular flexibility index (Phi) is 5.20. The number of ether oxygens (including phenoxy) is 2. The number of carbonyl (C=O) groups is 2. The summed E-state index contributed by atoms with van der Waals surface area (Å²) in [6.07, 6.45) is 1.37. The number of esters is 2. The van der Waals surface area contributed by atoms with E-state index in [4.69, 9.17) is 9.47 Å². The number of carbonyl (C=O) groups excluding carboxylic acids is 2. The second-order valence-corrected chi connectivity index (χ2v) is 3.80. The van der Waals surface area contributed by atoms with Crippen LogP contribution < -0.4 is 0 Å². The van der Waals surface area contributed by atoms with Gasteiger partial charge in [-0.3, -0.25) is 9.59 Å². The average molecular weight is 202 g/mol. The zero-order valence-corrected chi connectivity index (χ0v) is 9.25. The summed E-state index contributed by atoms with van der Waals surface area (Å²) in [7, 11) is 0. The molecule has 0 N–H and O–H groups in total. The van der Waals surface area contributed by atoms with Crippen LogP contribution in [0.5, 0.6) is 0 Å². The second kappa shape index (κ2) is 5.62. The smallest absolute Gasteiger partial charge is 0.303 e. The van der Waals surface area contributed by atoms with Crippen molar-refractivity contribution in [3.63, 3.8) is 0 Å². The highest BCUT2D eigenvalue weighted by molar-refractivity contribution is 5.66. The molecule has 0 heterocycles. The van der Waals surface area contributed by atoms with E-state index >= 15 is 0 Å². The molecule has 0 bridgehead atoms. The molecular weight excluding hydrogens is 184 g/mol. The summed E-state index contributed by atoms with van der Waals surface area (Å²) in [6.45, 7) is 6.80. The van der Waals surface area contributed by atoms with Crippen LogP contribution in [0.4, 0.5) is 0 Å². The van der Waals surface area contributed by atoms with Crippen LogP contribution in [-0.4, -0.2) is 24.1 Å². The highest BCUT2D eigenvalue weighted by atomic mass is 16.6. The van der Waals surface area contributed by atoms with E-state index in [1.54, 1.807) is 0 Å². The fraction of sp³-hybridized carbons (Fsp3) is 0.800. The standard InChI is InChI=1S/C10H18O4/c1-8(11)13-7-5-6-10(3,4)14-9(2)12/h5-7H2,1-4H3. The van der Waals surface area contributed by atoms with Crippen molar-refractivity contribution in [3.05, 3.63) is 0 Å². The SMILES string of the molecule is CC(=O)OCCCC(C)(C)OC(C)=O. The monoisotopic (exact) mass is 202 g/mol. The zero-order valence-electron chi connectivity index (χ0n) is 9.25. The third-order valence-corrected chi connectivity index (χ3v) is 1.65. The quantitative estimate of drug-likeness (QED) is 0.502. The molecule has 0 aromatic carbocycles. The van der Waals surface area contributed by atoms with Crippen LogP contribution >= 0.6 is 0 Å². The van der Waals surface area contributed by atoms with E-state index in [1.807, 2.05) is 13.8 Å². The Morgan fingerprint density at radius 3 is 2.14 bits per heavy atom. The minimum absolute atomic E-state index is 0.282. The minimum Gasteiger partial charge on any atom is -0.466 e. The molecule has 0 spiro atoms. The minimum atomic E-state index is -0.480. The zero-order chi connectivity index (χ0) is 11.2. The summed E-state index contributed by atoms with van der Waals surface area (Å²) in [6, 6.07) is 0. The lowest BCUT2D eigenvalue weighted by Gasteiger charge is -2.24. The van der Waals surface area contributed by atoms with E-state index in [-0.39, 0.29) is 11.9 Å². The largest absolute Gasteiger partial charge is 0.466 e. The first kappa shape index (κ1) is 12.9. The molecular formula is C10H18O4. The molecule has 0 radical (unpaired) electrons. The van der Waals surface area contributed by atoms with Gasteiger partial charge in [0.15, 0.2) is 0 Å². The van der Waals surface area contributed by atoms with Gasteiger partial charge in [-0.2, -0.15) is 0 Å². The predicted molar refractivity (Wildman–Crippen MR) is 51.7 cm³/mol. The van der Waals surface area contributed by atoms with Crippen molar-refractivity contribution < 1.29 is 19.1 Å². The van der Waals surface area contributed by atoms with Crippen molar-refractivity contribution in [1.82, 2.24) is 0 Å². The molecule has 0 unspecified atom stereocenters. The maximum atomic E-state index is 10.7. The molecule has 0 amide bonds. The Labute approximate surface area is 84.6 Å². The van der Waals surface area contributed by atoms with E-state index in [0.717, 1.165) is 0 Å². The molecule has 0 aliphatic rings. The van der Waals surface area contributed by atoms with Crippen molar-refractivity contribution in [2.75, 3.05) is 6.61 Å². The molecule has 0 fully saturated rings. The Bertz CT molecular complexity index is 208. The lowest BCUT2D eigenvalue weighted by atomic mass is 10.0. The molecule has 4 nitrogen and oxygen atoms in total. The van der Waals surface area contributed by atoms with Gasteiger partial charge >= 0.3 is 11.9 Å². The third-order valence-electron chi connectivity index (χ3n) is 1.65. The Hall–Kier alpha value is -1.06. The van der Waals surface area contributed by atoms with Gasteiger partial charge in [0.25, 0.3) is 0 Å². The lowest BCUT2D eigenvalue weighted by molar-refractivity contribution is -0.155. The van der Waals surface area contributed by atoms with Crippen molar-refractivity contribution in [2.24, 2.45) is 0 Å². The first-order chi connectivity index (χ1) is 6.33. The number of rotatable bonds is 5. The van der Waals surface area contributed by atoms with Crippen LogP contribution in [-0.2, 0) is 19.1 Å². The Balaban J connectivity index is 3.65. The maximum absolute atomic E-state index is 10.7. The molecule has 0 aromatic heterocycles. The molecule has 0 aromatic rings. The van der Waals surface area contributed by atoms with E-state index in [2.05, 4.69) is 0 Å². The highest BCUT2D eigenvalue weighted by Crippen LogP contribution is 2.16. The molecule has 0 rings (SSSR count). The Morgan fingerprint density at radius 2 is 1.71 bits per heavy atom. The molecule has 0 atom stereocenters. The van der Waals surface area contributed by atoms with Gasteiger partial charge in [-0.05, 0) is 26.7 Å². The highest BCUT2D eigenvalue weighted by Gasteiger charge is 2.20. The lowest BCUT2D eigenvalue weighted by Crippen LogP contribution is -2.27. The summed E-state index contributed by atoms with van der Waals surface area (Å²) in [5.74, 6) is -0.572. The maximum Gasteiger partial charge on any atom is 0.303 e. The molecule has 0 aliphatic carbocycles. The van der Waals surface area contributed by atoms with Crippen molar-refractivity contribution in [3.8, 4) is 0 Å². The second-order valence-electron chi connectivity index (χ2n) is 3.80. The van der Waals surface area contributed by atoms with Crippen LogP contribution in [0.2, 0.25) is 0 Å². The summed E-state index contributed by atoms with van der Waals surface area (Å²) in [5.41, 5.74) is -0.480. The topological polar surface area (TPSA) is 52.6 Å². The van der Waals surface area contributed by atoms with E-state index in [9.17, 15) is 9.59 Å². The first-order valence-corrected chi connectivity index (χ1v) is 4.66. The van der Waals surface area contributed by atoms with Crippen LogP contribution in [0.3, 0.4) is 0 Å². The van der Waals surface area contributed by atoms with Crippen LogP contribution in [0.15, 0.2) is 0 Å². The van der Waals surface area contributed by atoms with Crippen molar-refractivity contribution in [2.45, 2.75) is 46.1 Å². The van der Waals surface area contributed by atoms with Gasteiger partial charge in [-0.1, -0.05) is 0 Å². The average Bonchev–Trinajstić information content (AvgIpc) is 1.95. The summed E-state index contributed by atoms with van der Waals surface area (Å²) >= 11 is 0. The molecule has 82 valence electrons. The van der Waals surface area contributed by atoms with Gasteiger partial charge in [-0.15, -0.1) is 0 Å². The molecule has 0 aliphatic heterocycles. The van der Waals surface area contributed by atoms with Crippen molar-refractivity contribution >= 4 is 11.9 Å². The summed E-state index contributed by atoms with van der Waals surface area (Å²) in [5, 5.41) is 0. The fourth-order valence-corrected chi connectivity index (χ4v) is 1.15. The molecule has 0 saturated carbocycles. The van der Waals surface area contributed by atoms with E-state index in [0.29, 0.717) is 19.4 Å². The normalized spacial score (nSPS) is 10.9. The van der Waals surface area contributed by atoms with Gasteiger partial charge in [0.2, 0.25) is 0 Å². The van der Waals surface area contributed by atoms with Crippen molar-refractivity contribution in [1.29, 1.82) is 0 Å². The molecule has 0 saturated heterocycles. The number of hydrogen-bond donors (Lipinski definition) is 0. The first-order valence-electron chi connectivity index (χ1n) is 4.66. The summed E-state index contributed by atoms with van der Waals surface area (Å²) < 4.78 is 9.83. The summed E-state index contributed by atoms with van der Waals surface area (Å²) in [4.78, 5) is 21.1. The molecule has 14 heavy (non-hydrogen) atoms.